The van der Waals surface area contributed by atoms with E-state index in [1.165, 1.54) is 18.3 Å². The van der Waals surface area contributed by atoms with Gasteiger partial charge in [0.1, 0.15) is 11.9 Å². The summed E-state index contributed by atoms with van der Waals surface area (Å²) >= 11 is 0. The Bertz CT molecular complexity index is 1900. The average molecular weight is 739 g/mol. The second-order valence-electron chi connectivity index (χ2n) is 15.8. The van der Waals surface area contributed by atoms with Crippen LogP contribution in [0.3, 0.4) is 0 Å². The van der Waals surface area contributed by atoms with Crippen LogP contribution in [0.25, 0.3) is 11.1 Å². The molecule has 4 atom stereocenters. The van der Waals surface area contributed by atoms with Crippen molar-refractivity contribution in [3.63, 3.8) is 0 Å². The summed E-state index contributed by atoms with van der Waals surface area (Å²) in [5.41, 5.74) is 3.90. The molecule has 0 radical (unpaired) electrons. The molecule has 3 aliphatic rings. The van der Waals surface area contributed by atoms with Crippen molar-refractivity contribution in [3.05, 3.63) is 91.6 Å². The van der Waals surface area contributed by atoms with E-state index in [9.17, 15) is 37.1 Å². The number of likely N-dealkylation sites (tertiary alicyclic amines) is 1. The van der Waals surface area contributed by atoms with Gasteiger partial charge in [0.15, 0.2) is 0 Å². The number of aromatic nitrogens is 1. The SMILES string of the molecule is Cc1cc(F)cc(C)c1-c1cc([C@H](CC(=O)O)NC(=O)[C@@H](CC(C)C)n2cc(CCN3CC4CCC(C3)N4C)c(C(F)(F)F)cc2=O)cc2c1CCC2. The zero-order valence-corrected chi connectivity index (χ0v) is 31.2. The average Bonchev–Trinajstić information content (AvgIpc) is 3.60. The van der Waals surface area contributed by atoms with E-state index in [-0.39, 0.29) is 30.1 Å². The number of aliphatic carboxylic acids is 1. The lowest BCUT2D eigenvalue weighted by Gasteiger charge is -2.39. The highest BCUT2D eigenvalue weighted by molar-refractivity contribution is 5.82. The molecule has 3 aromatic rings. The summed E-state index contributed by atoms with van der Waals surface area (Å²) in [6, 6.07) is 5.86. The molecule has 1 amide bonds. The highest BCUT2D eigenvalue weighted by Crippen LogP contribution is 2.40. The third-order valence-corrected chi connectivity index (χ3v) is 11.5. The quantitative estimate of drug-likeness (QED) is 0.194. The van der Waals surface area contributed by atoms with Gasteiger partial charge in [0, 0.05) is 44.0 Å². The van der Waals surface area contributed by atoms with Crippen LogP contribution in [0.1, 0.15) is 97.0 Å². The smallest absolute Gasteiger partial charge is 0.416 e. The molecule has 2 aliphatic heterocycles. The topological polar surface area (TPSA) is 94.9 Å². The van der Waals surface area contributed by atoms with Crippen molar-refractivity contribution in [2.24, 2.45) is 5.92 Å². The minimum Gasteiger partial charge on any atom is -0.481 e. The molecule has 12 heteroatoms. The van der Waals surface area contributed by atoms with Crippen molar-refractivity contribution in [1.29, 1.82) is 0 Å². The summed E-state index contributed by atoms with van der Waals surface area (Å²) < 4.78 is 58.5. The standard InChI is InChI=1S/C41H50F4N4O4/c1-23(2)13-36(49-20-27(34(18-37(49)50)41(43,44)45)11-12-48-21-30-9-10-31(22-48)47(30)5)40(53)46-35(19-38(51)52)28-16-26-7-6-8-32(26)33(17-28)39-24(3)14-29(42)15-25(39)4/h14-18,20,23,30-31,35-36H,6-13,19,21-22H2,1-5H3,(H,46,53)(H,51,52)/t30?,31?,35-,36+/m0/s1. The number of aryl methyl sites for hydroxylation is 3. The number of hydrogen-bond donors (Lipinski definition) is 2. The van der Waals surface area contributed by atoms with Gasteiger partial charge in [0.05, 0.1) is 18.0 Å². The third-order valence-electron chi connectivity index (χ3n) is 11.5. The molecule has 2 N–H and O–H groups in total. The molecule has 6 rings (SSSR count). The molecule has 2 saturated heterocycles. The molecule has 1 aliphatic carbocycles. The van der Waals surface area contributed by atoms with Gasteiger partial charge in [-0.25, -0.2) is 4.39 Å². The Labute approximate surface area is 308 Å². The van der Waals surface area contributed by atoms with Crippen LogP contribution in [0.15, 0.2) is 41.3 Å². The number of alkyl halides is 3. The number of nitrogens with one attached hydrogen (secondary N) is 1. The number of rotatable bonds is 12. The summed E-state index contributed by atoms with van der Waals surface area (Å²) in [5, 5.41) is 12.9. The summed E-state index contributed by atoms with van der Waals surface area (Å²) in [4.78, 5) is 44.6. The number of amides is 1. The van der Waals surface area contributed by atoms with Crippen LogP contribution >= 0.6 is 0 Å². The van der Waals surface area contributed by atoms with Crippen LogP contribution < -0.4 is 10.9 Å². The van der Waals surface area contributed by atoms with Crippen LogP contribution in [-0.2, 0) is 35.0 Å². The van der Waals surface area contributed by atoms with Gasteiger partial charge in [0.2, 0.25) is 5.91 Å². The molecule has 286 valence electrons. The summed E-state index contributed by atoms with van der Waals surface area (Å²) in [6.07, 6.45) is 0.754. The minimum atomic E-state index is -4.76. The number of likely N-dealkylation sites (N-methyl/N-ethyl adjacent to an activating group) is 1. The maximum atomic E-state index is 14.4. The summed E-state index contributed by atoms with van der Waals surface area (Å²) in [6.45, 7) is 9.29. The van der Waals surface area contributed by atoms with Crippen molar-refractivity contribution in [3.8, 4) is 11.1 Å². The van der Waals surface area contributed by atoms with E-state index in [0.717, 1.165) is 83.1 Å². The van der Waals surface area contributed by atoms with Gasteiger partial charge < -0.3 is 15.0 Å². The highest BCUT2D eigenvalue weighted by Gasteiger charge is 2.39. The Hall–Kier alpha value is -4.03. The number of pyridine rings is 1. The Morgan fingerprint density at radius 2 is 1.66 bits per heavy atom. The van der Waals surface area contributed by atoms with Crippen molar-refractivity contribution in [1.82, 2.24) is 19.7 Å². The first-order valence-electron chi connectivity index (χ1n) is 18.7. The normalized spacial score (nSPS) is 20.1. The molecule has 0 spiro atoms. The number of hydrogen-bond acceptors (Lipinski definition) is 5. The van der Waals surface area contributed by atoms with E-state index >= 15 is 0 Å². The van der Waals surface area contributed by atoms with Crippen LogP contribution in [0.5, 0.6) is 0 Å². The first-order valence-corrected chi connectivity index (χ1v) is 18.7. The number of carboxylic acids is 1. The zero-order valence-electron chi connectivity index (χ0n) is 31.2. The number of carboxylic acid groups (broad SMARTS) is 1. The molecular formula is C41H50F4N4O4. The van der Waals surface area contributed by atoms with Gasteiger partial charge in [-0.2, -0.15) is 13.2 Å². The van der Waals surface area contributed by atoms with Gasteiger partial charge in [-0.1, -0.05) is 19.9 Å². The predicted octanol–water partition coefficient (Wildman–Crippen LogP) is 7.02. The van der Waals surface area contributed by atoms with E-state index < -0.39 is 47.7 Å². The highest BCUT2D eigenvalue weighted by atomic mass is 19.4. The van der Waals surface area contributed by atoms with Gasteiger partial charge in [0.25, 0.3) is 5.56 Å². The zero-order chi connectivity index (χ0) is 38.4. The van der Waals surface area contributed by atoms with Gasteiger partial charge in [-0.15, -0.1) is 0 Å². The Kier molecular flexibility index (Phi) is 11.2. The van der Waals surface area contributed by atoms with E-state index in [4.69, 9.17) is 0 Å². The fourth-order valence-electron chi connectivity index (χ4n) is 8.94. The molecule has 2 unspecified atom stereocenters. The lowest BCUT2D eigenvalue weighted by molar-refractivity contribution is -0.139. The number of nitrogens with zero attached hydrogens (tertiary/aromatic N) is 3. The Balaban J connectivity index is 1.34. The van der Waals surface area contributed by atoms with Crippen molar-refractivity contribution in [2.75, 3.05) is 26.7 Å². The van der Waals surface area contributed by atoms with Gasteiger partial charge in [-0.05, 0) is 134 Å². The summed E-state index contributed by atoms with van der Waals surface area (Å²) in [7, 11) is 2.09. The molecule has 2 bridgehead atoms. The Morgan fingerprint density at radius 1 is 1.00 bits per heavy atom. The monoisotopic (exact) mass is 738 g/mol. The Morgan fingerprint density at radius 3 is 2.26 bits per heavy atom. The fourth-order valence-corrected chi connectivity index (χ4v) is 8.94. The lowest BCUT2D eigenvalue weighted by Crippen LogP contribution is -2.52. The van der Waals surface area contributed by atoms with Crippen molar-refractivity contribution in [2.45, 2.75) is 109 Å². The van der Waals surface area contributed by atoms with Crippen LogP contribution in [0.4, 0.5) is 17.6 Å². The van der Waals surface area contributed by atoms with E-state index in [0.29, 0.717) is 30.3 Å². The number of fused-ring (bicyclic) bond motifs is 3. The molecule has 2 fully saturated rings. The lowest BCUT2D eigenvalue weighted by atomic mass is 9.87. The molecular weight excluding hydrogens is 688 g/mol. The number of benzene rings is 2. The number of piperazine rings is 1. The van der Waals surface area contributed by atoms with E-state index in [1.54, 1.807) is 0 Å². The number of carbonyl (C=O) groups excluding carboxylic acids is 1. The largest absolute Gasteiger partial charge is 0.481 e. The van der Waals surface area contributed by atoms with Crippen LogP contribution in [0, 0.1) is 25.6 Å². The second-order valence-corrected chi connectivity index (χ2v) is 15.8. The molecule has 8 nitrogen and oxygen atoms in total. The molecule has 1 aromatic heterocycles. The third kappa shape index (κ3) is 8.38. The van der Waals surface area contributed by atoms with Gasteiger partial charge >= 0.3 is 12.1 Å². The number of carbonyl (C=O) groups is 2. The van der Waals surface area contributed by atoms with Gasteiger partial charge in [-0.3, -0.25) is 24.2 Å². The maximum Gasteiger partial charge on any atom is 0.416 e. The minimum absolute atomic E-state index is 0.0516. The predicted molar refractivity (Wildman–Crippen MR) is 195 cm³/mol. The van der Waals surface area contributed by atoms with Crippen molar-refractivity contribution < 1.29 is 32.3 Å². The van der Waals surface area contributed by atoms with Crippen LogP contribution in [-0.4, -0.2) is 70.1 Å². The summed E-state index contributed by atoms with van der Waals surface area (Å²) in [5.74, 6) is -2.28. The van der Waals surface area contributed by atoms with Crippen molar-refractivity contribution >= 4 is 11.9 Å². The molecule has 3 heterocycles. The molecule has 0 saturated carbocycles. The van der Waals surface area contributed by atoms with E-state index in [2.05, 4.69) is 22.2 Å². The van der Waals surface area contributed by atoms with E-state index in [1.807, 2.05) is 39.8 Å². The van der Waals surface area contributed by atoms with Crippen LogP contribution in [0.2, 0.25) is 0 Å². The molecule has 53 heavy (non-hydrogen) atoms. The first kappa shape index (κ1) is 38.7. The fraction of sp³-hybridized carbons (Fsp3) is 0.537. The molecule has 2 aromatic carbocycles. The maximum absolute atomic E-state index is 14.4. The number of halogens is 4. The first-order chi connectivity index (χ1) is 25.0. The second kappa shape index (κ2) is 15.4.